The Kier molecular flexibility index (Phi) is 6.22. The topological polar surface area (TPSA) is 55.9 Å². The summed E-state index contributed by atoms with van der Waals surface area (Å²) in [7, 11) is 1.95. The van der Waals surface area contributed by atoms with Gasteiger partial charge in [0.1, 0.15) is 0 Å². The van der Waals surface area contributed by atoms with Gasteiger partial charge in [0, 0.05) is 19.3 Å². The Balaban J connectivity index is 2.56. The summed E-state index contributed by atoms with van der Waals surface area (Å²) in [6.45, 7) is 4.48. The van der Waals surface area contributed by atoms with Crippen LogP contribution in [0.15, 0.2) is 12.4 Å². The van der Waals surface area contributed by atoms with E-state index in [1.807, 2.05) is 17.9 Å². The molecule has 1 aromatic heterocycles. The van der Waals surface area contributed by atoms with Crippen LogP contribution in [0.4, 0.5) is 0 Å². The molecule has 98 valence electrons. The minimum atomic E-state index is 0.357. The number of rotatable bonds is 8. The SMILES string of the molecule is CCCCC(CC)C(Cc1cnn(C)c1)NN. The van der Waals surface area contributed by atoms with Crippen molar-refractivity contribution in [3.05, 3.63) is 18.0 Å². The van der Waals surface area contributed by atoms with Crippen molar-refractivity contribution in [1.29, 1.82) is 0 Å². The van der Waals surface area contributed by atoms with Crippen LogP contribution in [0, 0.1) is 5.92 Å². The van der Waals surface area contributed by atoms with Gasteiger partial charge < -0.3 is 0 Å². The highest BCUT2D eigenvalue weighted by Gasteiger charge is 2.19. The number of hydrogen-bond donors (Lipinski definition) is 2. The van der Waals surface area contributed by atoms with Gasteiger partial charge in [0.15, 0.2) is 0 Å². The van der Waals surface area contributed by atoms with Crippen LogP contribution in [0.5, 0.6) is 0 Å². The van der Waals surface area contributed by atoms with E-state index < -0.39 is 0 Å². The van der Waals surface area contributed by atoms with Crippen LogP contribution in [-0.2, 0) is 13.5 Å². The molecule has 0 aliphatic heterocycles. The molecule has 1 heterocycles. The van der Waals surface area contributed by atoms with Gasteiger partial charge in [-0.3, -0.25) is 16.0 Å². The van der Waals surface area contributed by atoms with E-state index in [4.69, 9.17) is 5.84 Å². The molecular formula is C13H26N4. The van der Waals surface area contributed by atoms with Crippen molar-refractivity contribution in [2.75, 3.05) is 0 Å². The van der Waals surface area contributed by atoms with E-state index in [-0.39, 0.29) is 0 Å². The first kappa shape index (κ1) is 14.2. The predicted molar refractivity (Wildman–Crippen MR) is 71.3 cm³/mol. The maximum atomic E-state index is 5.70. The molecule has 0 radical (unpaired) electrons. The van der Waals surface area contributed by atoms with Crippen LogP contribution in [-0.4, -0.2) is 15.8 Å². The minimum absolute atomic E-state index is 0.357. The lowest BCUT2D eigenvalue weighted by molar-refractivity contribution is 0.318. The number of nitrogens with one attached hydrogen (secondary N) is 1. The standard InChI is InChI=1S/C13H26N4/c1-4-6-7-12(5-2)13(16-14)8-11-9-15-17(3)10-11/h9-10,12-13,16H,4-8,14H2,1-3H3. The van der Waals surface area contributed by atoms with Gasteiger partial charge in [-0.15, -0.1) is 0 Å². The summed E-state index contributed by atoms with van der Waals surface area (Å²) in [5, 5.41) is 4.20. The number of nitrogens with two attached hydrogens (primary N) is 1. The molecule has 0 aliphatic carbocycles. The van der Waals surface area contributed by atoms with Gasteiger partial charge in [-0.1, -0.05) is 33.1 Å². The predicted octanol–water partition coefficient (Wildman–Crippen LogP) is 2.01. The summed E-state index contributed by atoms with van der Waals surface area (Å²) < 4.78 is 1.84. The van der Waals surface area contributed by atoms with Crippen LogP contribution < -0.4 is 11.3 Å². The highest BCUT2D eigenvalue weighted by atomic mass is 15.2. The average molecular weight is 238 g/mol. The zero-order valence-corrected chi connectivity index (χ0v) is 11.3. The Hall–Kier alpha value is -0.870. The fourth-order valence-corrected chi connectivity index (χ4v) is 2.35. The van der Waals surface area contributed by atoms with Gasteiger partial charge in [0.05, 0.1) is 6.20 Å². The average Bonchev–Trinajstić information content (AvgIpc) is 2.74. The Labute approximate surface area is 105 Å². The summed E-state index contributed by atoms with van der Waals surface area (Å²) >= 11 is 0. The molecule has 0 fully saturated rings. The molecule has 4 heteroatoms. The Morgan fingerprint density at radius 3 is 2.71 bits per heavy atom. The third-order valence-corrected chi connectivity index (χ3v) is 3.45. The first-order valence-electron chi connectivity index (χ1n) is 6.64. The molecule has 4 nitrogen and oxygen atoms in total. The fourth-order valence-electron chi connectivity index (χ4n) is 2.35. The maximum absolute atomic E-state index is 5.70. The largest absolute Gasteiger partial charge is 0.276 e. The first-order valence-corrected chi connectivity index (χ1v) is 6.64. The van der Waals surface area contributed by atoms with E-state index in [9.17, 15) is 0 Å². The first-order chi connectivity index (χ1) is 8.21. The van der Waals surface area contributed by atoms with E-state index in [1.165, 1.54) is 31.2 Å². The van der Waals surface area contributed by atoms with Crippen LogP contribution >= 0.6 is 0 Å². The third kappa shape index (κ3) is 4.48. The molecule has 1 aromatic rings. The zero-order chi connectivity index (χ0) is 12.7. The Bertz CT molecular complexity index is 308. The summed E-state index contributed by atoms with van der Waals surface area (Å²) in [6.07, 6.45) is 9.92. The van der Waals surface area contributed by atoms with E-state index in [2.05, 4.69) is 30.6 Å². The van der Waals surface area contributed by atoms with E-state index in [0.717, 1.165) is 6.42 Å². The molecular weight excluding hydrogens is 212 g/mol. The van der Waals surface area contributed by atoms with Crippen molar-refractivity contribution < 1.29 is 0 Å². The Morgan fingerprint density at radius 2 is 2.24 bits per heavy atom. The second kappa shape index (κ2) is 7.45. The molecule has 0 saturated heterocycles. The van der Waals surface area contributed by atoms with Crippen LogP contribution in [0.3, 0.4) is 0 Å². The monoisotopic (exact) mass is 238 g/mol. The van der Waals surface area contributed by atoms with Gasteiger partial charge >= 0.3 is 0 Å². The lowest BCUT2D eigenvalue weighted by Crippen LogP contribution is -2.42. The molecule has 0 amide bonds. The van der Waals surface area contributed by atoms with Crippen molar-refractivity contribution in [1.82, 2.24) is 15.2 Å². The number of aromatic nitrogens is 2. The van der Waals surface area contributed by atoms with Crippen LogP contribution in [0.25, 0.3) is 0 Å². The summed E-state index contributed by atoms with van der Waals surface area (Å²) in [6, 6.07) is 0.357. The molecule has 1 rings (SSSR count). The smallest absolute Gasteiger partial charge is 0.0522 e. The number of aryl methyl sites for hydroxylation is 1. The molecule has 2 unspecified atom stereocenters. The number of hydrogen-bond acceptors (Lipinski definition) is 3. The molecule has 0 bridgehead atoms. The maximum Gasteiger partial charge on any atom is 0.0522 e. The normalized spacial score (nSPS) is 14.8. The second-order valence-corrected chi connectivity index (χ2v) is 4.81. The van der Waals surface area contributed by atoms with Gasteiger partial charge in [-0.05, 0) is 24.3 Å². The molecule has 0 saturated carbocycles. The van der Waals surface area contributed by atoms with Crippen molar-refractivity contribution >= 4 is 0 Å². The molecule has 0 spiro atoms. The van der Waals surface area contributed by atoms with E-state index in [0.29, 0.717) is 12.0 Å². The molecule has 0 aromatic carbocycles. The molecule has 0 aliphatic rings. The molecule has 17 heavy (non-hydrogen) atoms. The highest BCUT2D eigenvalue weighted by Crippen LogP contribution is 2.19. The van der Waals surface area contributed by atoms with E-state index >= 15 is 0 Å². The van der Waals surface area contributed by atoms with Gasteiger partial charge in [0.25, 0.3) is 0 Å². The summed E-state index contributed by atoms with van der Waals surface area (Å²) in [4.78, 5) is 0. The lowest BCUT2D eigenvalue weighted by Gasteiger charge is -2.25. The van der Waals surface area contributed by atoms with Crippen molar-refractivity contribution in [2.24, 2.45) is 18.8 Å². The molecule has 3 N–H and O–H groups in total. The fraction of sp³-hybridized carbons (Fsp3) is 0.769. The highest BCUT2D eigenvalue weighted by molar-refractivity contribution is 5.06. The second-order valence-electron chi connectivity index (χ2n) is 4.81. The number of unbranched alkanes of at least 4 members (excludes halogenated alkanes) is 1. The van der Waals surface area contributed by atoms with Crippen molar-refractivity contribution in [2.45, 2.75) is 52.0 Å². The third-order valence-electron chi connectivity index (χ3n) is 3.45. The quantitative estimate of drug-likeness (QED) is 0.538. The van der Waals surface area contributed by atoms with Crippen LogP contribution in [0.2, 0.25) is 0 Å². The lowest BCUT2D eigenvalue weighted by atomic mass is 9.88. The summed E-state index contributed by atoms with van der Waals surface area (Å²) in [5.41, 5.74) is 4.24. The van der Waals surface area contributed by atoms with Crippen molar-refractivity contribution in [3.63, 3.8) is 0 Å². The Morgan fingerprint density at radius 1 is 1.47 bits per heavy atom. The molecule has 2 atom stereocenters. The van der Waals surface area contributed by atoms with Gasteiger partial charge in [-0.25, -0.2) is 0 Å². The van der Waals surface area contributed by atoms with Gasteiger partial charge in [0.2, 0.25) is 0 Å². The minimum Gasteiger partial charge on any atom is -0.276 e. The zero-order valence-electron chi connectivity index (χ0n) is 11.3. The number of nitrogens with zero attached hydrogens (tertiary/aromatic N) is 2. The number of hydrazine groups is 1. The van der Waals surface area contributed by atoms with Crippen molar-refractivity contribution in [3.8, 4) is 0 Å². The van der Waals surface area contributed by atoms with Crippen LogP contribution in [0.1, 0.15) is 45.1 Å². The van der Waals surface area contributed by atoms with Gasteiger partial charge in [-0.2, -0.15) is 5.10 Å². The summed E-state index contributed by atoms with van der Waals surface area (Å²) in [5.74, 6) is 6.35. The van der Waals surface area contributed by atoms with E-state index in [1.54, 1.807) is 0 Å².